The van der Waals surface area contributed by atoms with E-state index >= 15 is 0 Å². The average molecular weight is 334 g/mol. The van der Waals surface area contributed by atoms with E-state index in [2.05, 4.69) is 20.9 Å². The van der Waals surface area contributed by atoms with Crippen molar-refractivity contribution in [3.63, 3.8) is 0 Å². The van der Waals surface area contributed by atoms with E-state index in [1.54, 1.807) is 17.7 Å². The van der Waals surface area contributed by atoms with E-state index in [0.29, 0.717) is 6.61 Å². The Labute approximate surface area is 138 Å². The Hall–Kier alpha value is -1.85. The summed E-state index contributed by atoms with van der Waals surface area (Å²) in [6, 6.07) is 9.49. The Morgan fingerprint density at radius 1 is 1.18 bits per heavy atom. The van der Waals surface area contributed by atoms with Crippen LogP contribution in [0.5, 0.6) is 5.75 Å². The zero-order valence-electron chi connectivity index (χ0n) is 12.2. The lowest BCUT2D eigenvalue weighted by Crippen LogP contribution is -2.21. The number of nitrogens with zero attached hydrogens (tertiary/aromatic N) is 3. The molecule has 3 aromatic rings. The van der Waals surface area contributed by atoms with Crippen molar-refractivity contribution in [2.75, 3.05) is 25.1 Å². The predicted octanol–water partition coefficient (Wildman–Crippen LogP) is 4.25. The fourth-order valence-electron chi connectivity index (χ4n) is 2.21. The largest absolute Gasteiger partial charge is 0.494 e. The minimum atomic E-state index is 0.657. The highest BCUT2D eigenvalue weighted by molar-refractivity contribution is 7.16. The first-order chi connectivity index (χ1) is 10.7. The summed E-state index contributed by atoms with van der Waals surface area (Å²) in [7, 11) is 2.04. The molecule has 4 nitrogen and oxygen atoms in total. The van der Waals surface area contributed by atoms with Crippen LogP contribution in [0, 0.1) is 0 Å². The Morgan fingerprint density at radius 2 is 2.00 bits per heavy atom. The number of hydrogen-bond donors (Lipinski definition) is 0. The highest BCUT2D eigenvalue weighted by atomic mass is 35.5. The van der Waals surface area contributed by atoms with Crippen molar-refractivity contribution in [2.45, 2.75) is 6.42 Å². The number of fused-ring (bicyclic) bond motifs is 1. The van der Waals surface area contributed by atoms with Crippen LogP contribution in [-0.4, -0.2) is 30.2 Å². The maximum absolute atomic E-state index is 5.85. The van der Waals surface area contributed by atoms with E-state index < -0.39 is 0 Å². The average Bonchev–Trinajstić information content (AvgIpc) is 3.01. The second kappa shape index (κ2) is 6.94. The monoisotopic (exact) mass is 333 g/mol. The van der Waals surface area contributed by atoms with Crippen molar-refractivity contribution in [3.8, 4) is 5.75 Å². The molecular formula is C16H16ClN3OS. The summed E-state index contributed by atoms with van der Waals surface area (Å²) in [6.07, 6.45) is 2.53. The Morgan fingerprint density at radius 3 is 2.82 bits per heavy atom. The van der Waals surface area contributed by atoms with Gasteiger partial charge in [-0.2, -0.15) is 0 Å². The van der Waals surface area contributed by atoms with E-state index in [-0.39, 0.29) is 0 Å². The van der Waals surface area contributed by atoms with Gasteiger partial charge in [0.25, 0.3) is 0 Å². The zero-order chi connectivity index (χ0) is 15.4. The molecule has 6 heteroatoms. The number of anilines is 1. The lowest BCUT2D eigenvalue weighted by Gasteiger charge is -2.18. The molecular weight excluding hydrogens is 318 g/mol. The second-order valence-corrected chi connectivity index (χ2v) is 6.25. The minimum Gasteiger partial charge on any atom is -0.494 e. The molecule has 0 aliphatic carbocycles. The topological polar surface area (TPSA) is 38.2 Å². The van der Waals surface area contributed by atoms with Gasteiger partial charge < -0.3 is 9.64 Å². The molecule has 0 aliphatic rings. The number of rotatable bonds is 6. The normalized spacial score (nSPS) is 10.8. The third kappa shape index (κ3) is 3.48. The molecule has 0 saturated heterocycles. The Balaban J connectivity index is 1.53. The van der Waals surface area contributed by atoms with Crippen molar-refractivity contribution in [1.82, 2.24) is 9.97 Å². The molecule has 0 spiro atoms. The molecule has 0 aliphatic heterocycles. The standard InChI is InChI=1S/C16H16ClN3OS/c1-20(15-14-7-10-22-16(14)19-11-18-15)8-2-9-21-13-5-3-12(17)4-6-13/h3-7,10-11H,2,8-9H2,1H3. The lowest BCUT2D eigenvalue weighted by molar-refractivity contribution is 0.312. The van der Waals surface area contributed by atoms with Crippen molar-refractivity contribution in [2.24, 2.45) is 0 Å². The van der Waals surface area contributed by atoms with Crippen molar-refractivity contribution in [3.05, 3.63) is 47.1 Å². The highest BCUT2D eigenvalue weighted by Crippen LogP contribution is 2.26. The van der Waals surface area contributed by atoms with Crippen LogP contribution in [0.15, 0.2) is 42.0 Å². The van der Waals surface area contributed by atoms with Gasteiger partial charge in [0.15, 0.2) is 0 Å². The summed E-state index contributed by atoms with van der Waals surface area (Å²) in [5.74, 6) is 1.81. The lowest BCUT2D eigenvalue weighted by atomic mass is 10.3. The maximum Gasteiger partial charge on any atom is 0.140 e. The van der Waals surface area contributed by atoms with E-state index in [1.165, 1.54) is 0 Å². The van der Waals surface area contributed by atoms with E-state index in [9.17, 15) is 0 Å². The summed E-state index contributed by atoms with van der Waals surface area (Å²) < 4.78 is 5.70. The molecule has 114 valence electrons. The second-order valence-electron chi connectivity index (χ2n) is 4.91. The van der Waals surface area contributed by atoms with Gasteiger partial charge in [0.1, 0.15) is 22.7 Å². The fraction of sp³-hybridized carbons (Fsp3) is 0.250. The van der Waals surface area contributed by atoms with Gasteiger partial charge in [-0.1, -0.05) is 11.6 Å². The maximum atomic E-state index is 5.85. The van der Waals surface area contributed by atoms with E-state index in [1.807, 2.05) is 36.7 Å². The minimum absolute atomic E-state index is 0.657. The number of aromatic nitrogens is 2. The Bertz CT molecular complexity index is 744. The van der Waals surface area contributed by atoms with Gasteiger partial charge in [0.2, 0.25) is 0 Å². The number of halogens is 1. The number of hydrogen-bond acceptors (Lipinski definition) is 5. The number of benzene rings is 1. The van der Waals surface area contributed by atoms with Crippen LogP contribution < -0.4 is 9.64 Å². The SMILES string of the molecule is CN(CCCOc1ccc(Cl)cc1)c1ncnc2sccc12. The molecule has 0 bridgehead atoms. The van der Waals surface area contributed by atoms with E-state index in [4.69, 9.17) is 16.3 Å². The zero-order valence-corrected chi connectivity index (χ0v) is 13.8. The smallest absolute Gasteiger partial charge is 0.140 e. The molecule has 0 fully saturated rings. The van der Waals surface area contributed by atoms with Crippen LogP contribution in [0.25, 0.3) is 10.2 Å². The first-order valence-corrected chi connectivity index (χ1v) is 8.27. The van der Waals surface area contributed by atoms with Gasteiger partial charge >= 0.3 is 0 Å². The molecule has 2 aromatic heterocycles. The van der Waals surface area contributed by atoms with Crippen LogP contribution in [0.1, 0.15) is 6.42 Å². The van der Waals surface area contributed by atoms with E-state index in [0.717, 1.165) is 39.8 Å². The molecule has 3 rings (SSSR count). The third-order valence-corrected chi connectivity index (χ3v) is 4.40. The molecule has 0 N–H and O–H groups in total. The van der Waals surface area contributed by atoms with Crippen LogP contribution in [-0.2, 0) is 0 Å². The fourth-order valence-corrected chi connectivity index (χ4v) is 3.06. The van der Waals surface area contributed by atoms with Gasteiger partial charge in [-0.3, -0.25) is 0 Å². The Kier molecular flexibility index (Phi) is 4.75. The van der Waals surface area contributed by atoms with Crippen molar-refractivity contribution >= 4 is 39.0 Å². The first-order valence-electron chi connectivity index (χ1n) is 7.02. The third-order valence-electron chi connectivity index (χ3n) is 3.32. The molecule has 2 heterocycles. The van der Waals surface area contributed by atoms with Gasteiger partial charge in [-0.15, -0.1) is 11.3 Å². The van der Waals surface area contributed by atoms with Crippen molar-refractivity contribution < 1.29 is 4.74 Å². The number of thiophene rings is 1. The van der Waals surface area contributed by atoms with Crippen LogP contribution >= 0.6 is 22.9 Å². The van der Waals surface area contributed by atoms with Crippen LogP contribution in [0.4, 0.5) is 5.82 Å². The summed E-state index contributed by atoms with van der Waals surface area (Å²) in [4.78, 5) is 11.8. The van der Waals surface area contributed by atoms with Crippen LogP contribution in [0.2, 0.25) is 5.02 Å². The summed E-state index contributed by atoms with van der Waals surface area (Å²) >= 11 is 7.48. The first kappa shape index (κ1) is 15.1. The summed E-state index contributed by atoms with van der Waals surface area (Å²) in [5.41, 5.74) is 0. The summed E-state index contributed by atoms with van der Waals surface area (Å²) in [6.45, 7) is 1.53. The highest BCUT2D eigenvalue weighted by Gasteiger charge is 2.09. The molecule has 0 unspecified atom stereocenters. The molecule has 0 amide bonds. The van der Waals surface area contributed by atoms with Gasteiger partial charge in [0, 0.05) is 18.6 Å². The molecule has 0 saturated carbocycles. The van der Waals surface area contributed by atoms with Crippen molar-refractivity contribution in [1.29, 1.82) is 0 Å². The molecule has 0 atom stereocenters. The number of ether oxygens (including phenoxy) is 1. The quantitative estimate of drug-likeness (QED) is 0.632. The van der Waals surface area contributed by atoms with Gasteiger partial charge in [-0.25, -0.2) is 9.97 Å². The van der Waals surface area contributed by atoms with Gasteiger partial charge in [-0.05, 0) is 42.1 Å². The molecule has 0 radical (unpaired) electrons. The predicted molar refractivity (Wildman–Crippen MR) is 92.2 cm³/mol. The van der Waals surface area contributed by atoms with Gasteiger partial charge in [0.05, 0.1) is 12.0 Å². The molecule has 1 aromatic carbocycles. The summed E-state index contributed by atoms with van der Waals surface area (Å²) in [5, 5.41) is 3.87. The van der Waals surface area contributed by atoms with Crippen LogP contribution in [0.3, 0.4) is 0 Å². The molecule has 22 heavy (non-hydrogen) atoms.